The van der Waals surface area contributed by atoms with Gasteiger partial charge in [-0.1, -0.05) is 18.2 Å². The first kappa shape index (κ1) is 13.7. The van der Waals surface area contributed by atoms with Crippen LogP contribution in [0, 0.1) is 0 Å². The van der Waals surface area contributed by atoms with Crippen molar-refractivity contribution in [3.8, 4) is 0 Å². The van der Waals surface area contributed by atoms with Crippen molar-refractivity contribution < 1.29 is 9.59 Å². The van der Waals surface area contributed by atoms with Gasteiger partial charge in [0.2, 0.25) is 0 Å². The number of carbonyl (C=O) groups is 2. The van der Waals surface area contributed by atoms with Gasteiger partial charge >= 0.3 is 0 Å². The maximum atomic E-state index is 12.0. The molecule has 0 aromatic heterocycles. The number of carbonyl (C=O) groups excluding carboxylic acids is 2. The number of ketones is 1. The van der Waals surface area contributed by atoms with Crippen molar-refractivity contribution in [1.82, 2.24) is 10.2 Å². The summed E-state index contributed by atoms with van der Waals surface area (Å²) in [5.41, 5.74) is 0.702. The zero-order valence-corrected chi connectivity index (χ0v) is 11.3. The highest BCUT2D eigenvalue weighted by atomic mass is 16.1. The highest BCUT2D eigenvalue weighted by Gasteiger charge is 2.21. The van der Waals surface area contributed by atoms with Gasteiger partial charge in [0.15, 0.2) is 0 Å². The normalized spacial score (nSPS) is 17.1. The fourth-order valence-electron chi connectivity index (χ4n) is 2.41. The van der Waals surface area contributed by atoms with E-state index in [1.807, 2.05) is 30.3 Å². The van der Waals surface area contributed by atoms with Gasteiger partial charge in [0, 0.05) is 24.7 Å². The SMILES string of the molecule is CC(=O)CN1CCC(NC(=O)c2ccccc2)CC1. The number of hydrogen-bond acceptors (Lipinski definition) is 3. The van der Waals surface area contributed by atoms with Crippen molar-refractivity contribution in [3.05, 3.63) is 35.9 Å². The average Bonchev–Trinajstić information content (AvgIpc) is 2.41. The quantitative estimate of drug-likeness (QED) is 0.892. The second-order valence-corrected chi connectivity index (χ2v) is 5.09. The first-order chi connectivity index (χ1) is 9.15. The van der Waals surface area contributed by atoms with Crippen molar-refractivity contribution in [3.63, 3.8) is 0 Å². The first-order valence-corrected chi connectivity index (χ1v) is 6.73. The maximum absolute atomic E-state index is 12.0. The number of benzene rings is 1. The molecule has 1 amide bonds. The van der Waals surface area contributed by atoms with Crippen LogP contribution in [0.1, 0.15) is 30.1 Å². The summed E-state index contributed by atoms with van der Waals surface area (Å²) in [6.45, 7) is 3.89. The van der Waals surface area contributed by atoms with Crippen LogP contribution in [0.15, 0.2) is 30.3 Å². The van der Waals surface area contributed by atoms with Crippen molar-refractivity contribution in [2.45, 2.75) is 25.8 Å². The zero-order chi connectivity index (χ0) is 13.7. The summed E-state index contributed by atoms with van der Waals surface area (Å²) in [6.07, 6.45) is 1.82. The van der Waals surface area contributed by atoms with Gasteiger partial charge in [0.25, 0.3) is 5.91 Å². The zero-order valence-electron chi connectivity index (χ0n) is 11.3. The average molecular weight is 260 g/mol. The van der Waals surface area contributed by atoms with E-state index in [2.05, 4.69) is 10.2 Å². The van der Waals surface area contributed by atoms with Gasteiger partial charge in [0.05, 0.1) is 6.54 Å². The minimum atomic E-state index is -0.00869. The van der Waals surface area contributed by atoms with E-state index >= 15 is 0 Å². The Morgan fingerprint density at radius 1 is 1.21 bits per heavy atom. The molecule has 0 atom stereocenters. The number of piperidine rings is 1. The molecule has 0 bridgehead atoms. The molecule has 0 spiro atoms. The van der Waals surface area contributed by atoms with Crippen LogP contribution in [0.3, 0.4) is 0 Å². The third-order valence-electron chi connectivity index (χ3n) is 3.41. The number of amides is 1. The van der Waals surface area contributed by atoms with E-state index in [0.29, 0.717) is 12.1 Å². The molecule has 1 heterocycles. The molecule has 0 saturated carbocycles. The van der Waals surface area contributed by atoms with Crippen LogP contribution >= 0.6 is 0 Å². The van der Waals surface area contributed by atoms with Crippen LogP contribution in [-0.4, -0.2) is 42.3 Å². The van der Waals surface area contributed by atoms with Crippen LogP contribution in [0.25, 0.3) is 0 Å². The van der Waals surface area contributed by atoms with Crippen molar-refractivity contribution in [1.29, 1.82) is 0 Å². The minimum absolute atomic E-state index is 0.00869. The summed E-state index contributed by atoms with van der Waals surface area (Å²) in [4.78, 5) is 25.2. The molecule has 0 unspecified atom stereocenters. The van der Waals surface area contributed by atoms with E-state index < -0.39 is 0 Å². The molecule has 0 aliphatic carbocycles. The van der Waals surface area contributed by atoms with Gasteiger partial charge in [-0.05, 0) is 31.9 Å². The Morgan fingerprint density at radius 3 is 2.42 bits per heavy atom. The van der Waals surface area contributed by atoms with E-state index in [1.54, 1.807) is 6.92 Å². The fraction of sp³-hybridized carbons (Fsp3) is 0.467. The van der Waals surface area contributed by atoms with Gasteiger partial charge in [-0.25, -0.2) is 0 Å². The van der Waals surface area contributed by atoms with Crippen LogP contribution < -0.4 is 5.32 Å². The van der Waals surface area contributed by atoms with Crippen LogP contribution in [-0.2, 0) is 4.79 Å². The standard InChI is InChI=1S/C15H20N2O2/c1-12(18)11-17-9-7-14(8-10-17)16-15(19)13-5-3-2-4-6-13/h2-6,14H,7-11H2,1H3,(H,16,19). The second-order valence-electron chi connectivity index (χ2n) is 5.09. The molecule has 2 rings (SSSR count). The number of nitrogens with one attached hydrogen (secondary N) is 1. The van der Waals surface area contributed by atoms with Crippen molar-refractivity contribution in [2.24, 2.45) is 0 Å². The van der Waals surface area contributed by atoms with Crippen molar-refractivity contribution >= 4 is 11.7 Å². The molecule has 1 fully saturated rings. The summed E-state index contributed by atoms with van der Waals surface area (Å²) in [5, 5.41) is 3.06. The number of rotatable bonds is 4. The Kier molecular flexibility index (Phi) is 4.68. The highest BCUT2D eigenvalue weighted by Crippen LogP contribution is 2.11. The molecule has 19 heavy (non-hydrogen) atoms. The summed E-state index contributed by atoms with van der Waals surface area (Å²) in [7, 11) is 0. The number of Topliss-reactive ketones (excluding diaryl/α,β-unsaturated/α-hetero) is 1. The smallest absolute Gasteiger partial charge is 0.251 e. The Bertz CT molecular complexity index is 437. The lowest BCUT2D eigenvalue weighted by molar-refractivity contribution is -0.118. The molecule has 1 aliphatic heterocycles. The molecule has 1 N–H and O–H groups in total. The predicted molar refractivity (Wildman–Crippen MR) is 74.1 cm³/mol. The molecule has 102 valence electrons. The molecule has 4 nitrogen and oxygen atoms in total. The van der Waals surface area contributed by atoms with Crippen LogP contribution in [0.4, 0.5) is 0 Å². The molecular formula is C15H20N2O2. The van der Waals surface area contributed by atoms with E-state index in [9.17, 15) is 9.59 Å². The molecule has 4 heteroatoms. The molecule has 1 aliphatic rings. The summed E-state index contributed by atoms with van der Waals surface area (Å²) < 4.78 is 0. The van der Waals surface area contributed by atoms with Crippen LogP contribution in [0.2, 0.25) is 0 Å². The Balaban J connectivity index is 1.80. The first-order valence-electron chi connectivity index (χ1n) is 6.73. The fourth-order valence-corrected chi connectivity index (χ4v) is 2.41. The number of nitrogens with zero attached hydrogens (tertiary/aromatic N) is 1. The van der Waals surface area contributed by atoms with E-state index in [-0.39, 0.29) is 17.7 Å². The van der Waals surface area contributed by atoms with E-state index in [0.717, 1.165) is 25.9 Å². The molecule has 1 saturated heterocycles. The second kappa shape index (κ2) is 6.48. The Labute approximate surface area is 113 Å². The third-order valence-corrected chi connectivity index (χ3v) is 3.41. The highest BCUT2D eigenvalue weighted by molar-refractivity contribution is 5.94. The van der Waals surface area contributed by atoms with Gasteiger partial charge in [-0.2, -0.15) is 0 Å². The number of likely N-dealkylation sites (tertiary alicyclic amines) is 1. The summed E-state index contributed by atoms with van der Waals surface area (Å²) in [6, 6.07) is 9.49. The lowest BCUT2D eigenvalue weighted by Gasteiger charge is -2.31. The molecule has 0 radical (unpaired) electrons. The van der Waals surface area contributed by atoms with E-state index in [1.165, 1.54) is 0 Å². The van der Waals surface area contributed by atoms with Crippen LogP contribution in [0.5, 0.6) is 0 Å². The molecule has 1 aromatic carbocycles. The summed E-state index contributed by atoms with van der Waals surface area (Å²) in [5.74, 6) is 0.192. The number of hydrogen-bond donors (Lipinski definition) is 1. The predicted octanol–water partition coefficient (Wildman–Crippen LogP) is 1.47. The van der Waals surface area contributed by atoms with E-state index in [4.69, 9.17) is 0 Å². The monoisotopic (exact) mass is 260 g/mol. The van der Waals surface area contributed by atoms with Gasteiger partial charge in [0.1, 0.15) is 5.78 Å². The molecular weight excluding hydrogens is 240 g/mol. The third kappa shape index (κ3) is 4.17. The Hall–Kier alpha value is -1.68. The topological polar surface area (TPSA) is 49.4 Å². The lowest BCUT2D eigenvalue weighted by atomic mass is 10.0. The van der Waals surface area contributed by atoms with Gasteiger partial charge in [-0.3, -0.25) is 14.5 Å². The van der Waals surface area contributed by atoms with Gasteiger partial charge < -0.3 is 5.32 Å². The summed E-state index contributed by atoms with van der Waals surface area (Å²) >= 11 is 0. The van der Waals surface area contributed by atoms with Crippen molar-refractivity contribution in [2.75, 3.05) is 19.6 Å². The Morgan fingerprint density at radius 2 is 1.84 bits per heavy atom. The lowest BCUT2D eigenvalue weighted by Crippen LogP contribution is -2.45. The maximum Gasteiger partial charge on any atom is 0.251 e. The van der Waals surface area contributed by atoms with Gasteiger partial charge in [-0.15, -0.1) is 0 Å². The largest absolute Gasteiger partial charge is 0.349 e. The molecule has 1 aromatic rings. The minimum Gasteiger partial charge on any atom is -0.349 e.